The van der Waals surface area contributed by atoms with E-state index in [2.05, 4.69) is 15.2 Å². The predicted octanol–water partition coefficient (Wildman–Crippen LogP) is 2.73. The second-order valence-electron chi connectivity index (χ2n) is 9.58. The average molecular weight is 462 g/mol. The van der Waals surface area contributed by atoms with Gasteiger partial charge >= 0.3 is 12.1 Å². The third-order valence-electron chi connectivity index (χ3n) is 6.14. The summed E-state index contributed by atoms with van der Waals surface area (Å²) in [6.45, 7) is 8.04. The lowest BCUT2D eigenvalue weighted by atomic mass is 9.64. The minimum Gasteiger partial charge on any atom is -0.463 e. The van der Waals surface area contributed by atoms with E-state index in [4.69, 9.17) is 9.47 Å². The van der Waals surface area contributed by atoms with E-state index in [1.54, 1.807) is 40.0 Å². The zero-order valence-corrected chi connectivity index (χ0v) is 19.8. The first kappa shape index (κ1) is 25.0. The molecule has 1 aliphatic heterocycles. The number of esters is 1. The lowest BCUT2D eigenvalue weighted by molar-refractivity contribution is -0.137. The molecule has 4 atom stereocenters. The number of amides is 1. The number of aliphatic hydroxyl groups is 2. The van der Waals surface area contributed by atoms with Gasteiger partial charge in [0.1, 0.15) is 11.4 Å². The number of ether oxygens (including phenoxy) is 2. The van der Waals surface area contributed by atoms with Crippen molar-refractivity contribution in [2.45, 2.75) is 52.2 Å². The summed E-state index contributed by atoms with van der Waals surface area (Å²) in [5, 5.41) is 22.7. The molecule has 0 spiro atoms. The highest BCUT2D eigenvalue weighted by atomic mass is 16.6. The molecule has 182 valence electrons. The summed E-state index contributed by atoms with van der Waals surface area (Å²) < 4.78 is 10.4. The Morgan fingerprint density at radius 1 is 1.24 bits per heavy atom. The molecule has 1 aliphatic carbocycles. The maximum absolute atomic E-state index is 12.3. The Hall–Kier alpha value is -2.65. The Bertz CT molecular complexity index is 864. The number of fused-ring (bicyclic) bond motifs is 2. The van der Waals surface area contributed by atoms with Gasteiger partial charge < -0.3 is 24.6 Å². The van der Waals surface area contributed by atoms with Crippen LogP contribution in [0.2, 0.25) is 0 Å². The normalized spacial score (nSPS) is 26.1. The number of aromatic nitrogens is 1. The number of piperidine rings is 1. The molecule has 9 heteroatoms. The number of nitrogens with zero attached hydrogens (tertiary/aromatic N) is 2. The van der Waals surface area contributed by atoms with Crippen LogP contribution in [0.3, 0.4) is 0 Å². The Morgan fingerprint density at radius 2 is 1.97 bits per heavy atom. The van der Waals surface area contributed by atoms with Crippen molar-refractivity contribution in [3.8, 4) is 0 Å². The molecule has 33 heavy (non-hydrogen) atoms. The molecule has 9 nitrogen and oxygen atoms in total. The van der Waals surface area contributed by atoms with Gasteiger partial charge in [-0.2, -0.15) is 0 Å². The predicted molar refractivity (Wildman–Crippen MR) is 124 cm³/mol. The summed E-state index contributed by atoms with van der Waals surface area (Å²) in [7, 11) is 0. The van der Waals surface area contributed by atoms with Gasteiger partial charge in [0.15, 0.2) is 0 Å². The lowest BCUT2D eigenvalue weighted by Gasteiger charge is -2.52. The molecule has 0 radical (unpaired) electrons. The first-order chi connectivity index (χ1) is 15.7. The van der Waals surface area contributed by atoms with Gasteiger partial charge in [-0.05, 0) is 70.1 Å². The number of nitrogens with one attached hydrogen (secondary N) is 1. The molecule has 3 N–H and O–H groups in total. The molecular formula is C24H35N3O6. The van der Waals surface area contributed by atoms with Crippen LogP contribution < -0.4 is 10.2 Å². The maximum atomic E-state index is 12.3. The third kappa shape index (κ3) is 6.03. The van der Waals surface area contributed by atoms with E-state index in [1.807, 2.05) is 6.07 Å². The van der Waals surface area contributed by atoms with E-state index < -0.39 is 17.7 Å². The fourth-order valence-electron chi connectivity index (χ4n) is 4.90. The number of pyridine rings is 1. The van der Waals surface area contributed by atoms with Crippen molar-refractivity contribution in [3.05, 3.63) is 30.0 Å². The van der Waals surface area contributed by atoms with Gasteiger partial charge in [-0.25, -0.2) is 14.6 Å². The fourth-order valence-corrected chi connectivity index (χ4v) is 4.90. The Balaban J connectivity index is 1.85. The van der Waals surface area contributed by atoms with Gasteiger partial charge in [0, 0.05) is 31.8 Å². The largest absolute Gasteiger partial charge is 0.463 e. The SMILES string of the molecule is CCOC(=O)/C=C1/[C@@H]2[C@H](CO)C[C@H](CO)[C@H]1CCN2c1ccc(NC(=O)OC(C)(C)C)cn1. The smallest absolute Gasteiger partial charge is 0.412 e. The standard InChI is InChI=1S/C24H35N3O6/c1-5-32-21(30)11-19-18-8-9-27(22(19)16(14-29)10-15(18)13-28)20-7-6-17(12-25-20)26-23(31)33-24(2,3)4/h6-7,11-12,15-16,18,22,28-29H,5,8-10,13-14H2,1-4H3,(H,26,31)/b19-11+/t15-,16+,18-,22+/m1/s1. The summed E-state index contributed by atoms with van der Waals surface area (Å²) in [6.07, 6.45) is 3.96. The van der Waals surface area contributed by atoms with Crippen LogP contribution in [0.25, 0.3) is 0 Å². The van der Waals surface area contributed by atoms with Crippen molar-refractivity contribution in [1.82, 2.24) is 4.98 Å². The Kier molecular flexibility index (Phi) is 7.97. The van der Waals surface area contributed by atoms with Gasteiger partial charge in [0.2, 0.25) is 0 Å². The highest BCUT2D eigenvalue weighted by molar-refractivity contribution is 5.85. The molecule has 1 aromatic rings. The molecule has 0 unspecified atom stereocenters. The van der Waals surface area contributed by atoms with Gasteiger partial charge in [0.25, 0.3) is 0 Å². The molecule has 1 amide bonds. The highest BCUT2D eigenvalue weighted by Crippen LogP contribution is 2.46. The summed E-state index contributed by atoms with van der Waals surface area (Å²) in [4.78, 5) is 31.0. The molecule has 1 saturated carbocycles. The summed E-state index contributed by atoms with van der Waals surface area (Å²) in [5.74, 6) is 0.167. The third-order valence-corrected chi connectivity index (χ3v) is 6.14. The van der Waals surface area contributed by atoms with E-state index in [-0.39, 0.29) is 43.6 Å². The topological polar surface area (TPSA) is 121 Å². The number of aliphatic hydroxyl groups excluding tert-OH is 2. The van der Waals surface area contributed by atoms with Crippen LogP contribution in [0.1, 0.15) is 40.5 Å². The molecule has 0 aromatic carbocycles. The molecule has 2 bridgehead atoms. The van der Waals surface area contributed by atoms with E-state index >= 15 is 0 Å². The average Bonchev–Trinajstić information content (AvgIpc) is 2.73. The number of anilines is 2. The second kappa shape index (κ2) is 10.5. The second-order valence-corrected chi connectivity index (χ2v) is 9.58. The van der Waals surface area contributed by atoms with E-state index in [0.717, 1.165) is 12.0 Å². The summed E-state index contributed by atoms with van der Waals surface area (Å²) in [6, 6.07) is 3.33. The fraction of sp³-hybridized carbons (Fsp3) is 0.625. The van der Waals surface area contributed by atoms with Crippen LogP contribution in [-0.2, 0) is 14.3 Å². The number of carbonyl (C=O) groups is 2. The quantitative estimate of drug-likeness (QED) is 0.437. The first-order valence-corrected chi connectivity index (χ1v) is 11.5. The number of carbonyl (C=O) groups excluding carboxylic acids is 2. The molecule has 2 aliphatic rings. The first-order valence-electron chi connectivity index (χ1n) is 11.5. The van der Waals surface area contributed by atoms with Gasteiger partial charge in [-0.3, -0.25) is 5.32 Å². The van der Waals surface area contributed by atoms with Gasteiger partial charge in [-0.15, -0.1) is 0 Å². The minimum absolute atomic E-state index is 0.00501. The van der Waals surface area contributed by atoms with Gasteiger partial charge in [-0.1, -0.05) is 0 Å². The van der Waals surface area contributed by atoms with Crippen molar-refractivity contribution in [2.24, 2.45) is 17.8 Å². The Labute approximate surface area is 194 Å². The van der Waals surface area contributed by atoms with E-state index in [9.17, 15) is 19.8 Å². The molecule has 1 saturated heterocycles. The molecule has 2 fully saturated rings. The summed E-state index contributed by atoms with van der Waals surface area (Å²) >= 11 is 0. The molecule has 3 rings (SSSR count). The van der Waals surface area contributed by atoms with Crippen molar-refractivity contribution < 1.29 is 29.3 Å². The van der Waals surface area contributed by atoms with Crippen LogP contribution >= 0.6 is 0 Å². The van der Waals surface area contributed by atoms with Crippen LogP contribution in [0.5, 0.6) is 0 Å². The van der Waals surface area contributed by atoms with Crippen LogP contribution in [0.15, 0.2) is 30.0 Å². The zero-order chi connectivity index (χ0) is 24.2. The summed E-state index contributed by atoms with van der Waals surface area (Å²) in [5.41, 5.74) is 0.783. The zero-order valence-electron chi connectivity index (χ0n) is 19.8. The lowest BCUT2D eigenvalue weighted by Crippen LogP contribution is -2.55. The minimum atomic E-state index is -0.601. The van der Waals surface area contributed by atoms with E-state index in [0.29, 0.717) is 24.5 Å². The maximum Gasteiger partial charge on any atom is 0.412 e. The Morgan fingerprint density at radius 3 is 2.55 bits per heavy atom. The highest BCUT2D eigenvalue weighted by Gasteiger charge is 2.46. The van der Waals surface area contributed by atoms with Crippen LogP contribution in [0.4, 0.5) is 16.3 Å². The number of rotatable bonds is 6. The number of hydrogen-bond acceptors (Lipinski definition) is 8. The molecule has 1 aromatic heterocycles. The number of hydrogen-bond donors (Lipinski definition) is 3. The monoisotopic (exact) mass is 461 g/mol. The van der Waals surface area contributed by atoms with E-state index in [1.165, 1.54) is 6.08 Å². The van der Waals surface area contributed by atoms with Crippen molar-refractivity contribution in [2.75, 3.05) is 36.6 Å². The van der Waals surface area contributed by atoms with Gasteiger partial charge in [0.05, 0.1) is 24.5 Å². The molecular weight excluding hydrogens is 426 g/mol. The van der Waals surface area contributed by atoms with Crippen molar-refractivity contribution in [3.63, 3.8) is 0 Å². The molecule has 2 heterocycles. The van der Waals surface area contributed by atoms with Crippen LogP contribution in [0, 0.1) is 17.8 Å². The van der Waals surface area contributed by atoms with Crippen molar-refractivity contribution >= 4 is 23.6 Å². The van der Waals surface area contributed by atoms with Crippen molar-refractivity contribution in [1.29, 1.82) is 0 Å². The van der Waals surface area contributed by atoms with Crippen LogP contribution in [-0.4, -0.2) is 65.3 Å².